The Kier molecular flexibility index (Phi) is 8.41. The van der Waals surface area contributed by atoms with E-state index in [4.69, 9.17) is 5.73 Å². The molecule has 0 saturated heterocycles. The first-order chi connectivity index (χ1) is 11.8. The van der Waals surface area contributed by atoms with Crippen molar-refractivity contribution in [3.63, 3.8) is 0 Å². The summed E-state index contributed by atoms with van der Waals surface area (Å²) < 4.78 is 26.7. The molecule has 1 aliphatic carbocycles. The molecule has 1 aromatic rings. The number of carbonyl (C=O) groups excluding carboxylic acids is 1. The van der Waals surface area contributed by atoms with Gasteiger partial charge in [0.15, 0.2) is 4.90 Å². The van der Waals surface area contributed by atoms with E-state index >= 15 is 0 Å². The van der Waals surface area contributed by atoms with Gasteiger partial charge in [0, 0.05) is 31.1 Å². The van der Waals surface area contributed by atoms with Crippen LogP contribution in [0.4, 0.5) is 5.69 Å². The number of nitro groups is 1. The predicted octanol–water partition coefficient (Wildman–Crippen LogP) is 0.929. The Bertz CT molecular complexity index is 743. The van der Waals surface area contributed by atoms with Gasteiger partial charge in [0.2, 0.25) is 15.9 Å². The monoisotopic (exact) mass is 406 g/mol. The van der Waals surface area contributed by atoms with Crippen molar-refractivity contribution in [2.24, 2.45) is 11.7 Å². The molecule has 1 saturated carbocycles. The van der Waals surface area contributed by atoms with Gasteiger partial charge < -0.3 is 11.1 Å². The van der Waals surface area contributed by atoms with Crippen LogP contribution >= 0.6 is 12.4 Å². The fourth-order valence-corrected chi connectivity index (χ4v) is 4.10. The van der Waals surface area contributed by atoms with Crippen LogP contribution in [0.2, 0.25) is 0 Å². The minimum Gasteiger partial charge on any atom is -0.355 e. The molecule has 9 nitrogen and oxygen atoms in total. The largest absolute Gasteiger partial charge is 0.355 e. The summed E-state index contributed by atoms with van der Waals surface area (Å²) in [5, 5.41) is 13.6. The number of nitro benzene ring substituents is 1. The van der Waals surface area contributed by atoms with Crippen LogP contribution in [0.25, 0.3) is 0 Å². The van der Waals surface area contributed by atoms with Gasteiger partial charge in [0.25, 0.3) is 5.69 Å². The number of hydrogen-bond acceptors (Lipinski definition) is 6. The summed E-state index contributed by atoms with van der Waals surface area (Å²) in [4.78, 5) is 21.8. The minimum absolute atomic E-state index is 0. The first kappa shape index (κ1) is 22.3. The summed E-state index contributed by atoms with van der Waals surface area (Å²) in [6, 6.07) is 5.13. The molecule has 1 amide bonds. The number of carbonyl (C=O) groups is 1. The number of benzene rings is 1. The fraction of sp³-hybridized carbons (Fsp3) is 0.533. The van der Waals surface area contributed by atoms with Gasteiger partial charge in [-0.1, -0.05) is 18.6 Å². The van der Waals surface area contributed by atoms with Crippen molar-refractivity contribution < 1.29 is 18.1 Å². The van der Waals surface area contributed by atoms with Crippen molar-refractivity contribution in [3.8, 4) is 0 Å². The normalized spacial score (nSPS) is 20.0. The average Bonchev–Trinajstić information content (AvgIpc) is 2.58. The lowest BCUT2D eigenvalue weighted by Gasteiger charge is -2.25. The first-order valence-corrected chi connectivity index (χ1v) is 9.56. The van der Waals surface area contributed by atoms with Crippen molar-refractivity contribution in [3.05, 3.63) is 34.4 Å². The third-order valence-corrected chi connectivity index (χ3v) is 5.66. The summed E-state index contributed by atoms with van der Waals surface area (Å²) in [6.45, 7) is 0.0450. The lowest BCUT2D eigenvalue weighted by molar-refractivity contribution is -0.387. The number of amides is 1. The Labute approximate surface area is 158 Å². The van der Waals surface area contributed by atoms with Crippen LogP contribution in [0.15, 0.2) is 29.2 Å². The zero-order chi connectivity index (χ0) is 18.4. The molecule has 1 fully saturated rings. The van der Waals surface area contributed by atoms with Crippen molar-refractivity contribution in [2.45, 2.75) is 36.6 Å². The number of hydrogen-bond donors (Lipinski definition) is 3. The molecular weight excluding hydrogens is 384 g/mol. The van der Waals surface area contributed by atoms with Gasteiger partial charge in [-0.3, -0.25) is 14.9 Å². The van der Waals surface area contributed by atoms with Gasteiger partial charge in [-0.05, 0) is 25.3 Å². The maximum absolute atomic E-state index is 12.2. The standard InChI is InChI=1S/C15H22N4O5S.ClH/c16-12-5-3-4-11(10-12)15(20)17-8-9-18-25(23,24)14-7-2-1-6-13(14)19(21)22;/h1-2,6-7,11-12,18H,3-5,8-10,16H2,(H,17,20);1H. The van der Waals surface area contributed by atoms with Gasteiger partial charge in [-0.2, -0.15) is 0 Å². The third kappa shape index (κ3) is 5.90. The van der Waals surface area contributed by atoms with Gasteiger partial charge >= 0.3 is 0 Å². The highest BCUT2D eigenvalue weighted by Crippen LogP contribution is 2.23. The van der Waals surface area contributed by atoms with E-state index in [1.54, 1.807) is 0 Å². The molecule has 2 rings (SSSR count). The van der Waals surface area contributed by atoms with Crippen LogP contribution in [-0.4, -0.2) is 38.4 Å². The van der Waals surface area contributed by atoms with E-state index in [9.17, 15) is 23.3 Å². The van der Waals surface area contributed by atoms with Crippen LogP contribution in [0.3, 0.4) is 0 Å². The Hall–Kier alpha value is -1.75. The van der Waals surface area contributed by atoms with Crippen LogP contribution in [0, 0.1) is 16.0 Å². The van der Waals surface area contributed by atoms with Crippen LogP contribution < -0.4 is 15.8 Å². The number of nitrogens with zero attached hydrogens (tertiary/aromatic N) is 1. The van der Waals surface area contributed by atoms with E-state index in [-0.39, 0.29) is 43.4 Å². The molecule has 1 aliphatic rings. The Balaban J connectivity index is 0.00000338. The molecule has 0 aliphatic heterocycles. The van der Waals surface area contributed by atoms with Crippen molar-refractivity contribution in [2.75, 3.05) is 13.1 Å². The minimum atomic E-state index is -4.03. The molecular formula is C15H23ClN4O5S. The van der Waals surface area contributed by atoms with Crippen LogP contribution in [-0.2, 0) is 14.8 Å². The summed E-state index contributed by atoms with van der Waals surface area (Å²) in [6.07, 6.45) is 3.23. The SMILES string of the molecule is Cl.NC1CCCC(C(=O)NCCNS(=O)(=O)c2ccccc2[N+](=O)[O-])C1. The smallest absolute Gasteiger partial charge is 0.289 e. The lowest BCUT2D eigenvalue weighted by Crippen LogP contribution is -2.40. The number of sulfonamides is 1. The van der Waals surface area contributed by atoms with E-state index in [0.29, 0.717) is 6.42 Å². The molecule has 0 heterocycles. The van der Waals surface area contributed by atoms with Crippen molar-refractivity contribution in [1.82, 2.24) is 10.0 Å². The zero-order valence-corrected chi connectivity index (χ0v) is 15.7. The molecule has 11 heteroatoms. The van der Waals surface area contributed by atoms with Gasteiger partial charge in [0.05, 0.1) is 4.92 Å². The van der Waals surface area contributed by atoms with Gasteiger partial charge in [-0.15, -0.1) is 12.4 Å². The van der Waals surface area contributed by atoms with E-state index in [0.717, 1.165) is 25.3 Å². The molecule has 0 bridgehead atoms. The highest BCUT2D eigenvalue weighted by molar-refractivity contribution is 7.89. The van der Waals surface area contributed by atoms with E-state index in [2.05, 4.69) is 10.0 Å². The summed E-state index contributed by atoms with van der Waals surface area (Å²) in [5.74, 6) is -0.282. The molecule has 1 aromatic carbocycles. The highest BCUT2D eigenvalue weighted by atomic mass is 35.5. The van der Waals surface area contributed by atoms with E-state index in [1.165, 1.54) is 18.2 Å². The summed E-state index contributed by atoms with van der Waals surface area (Å²) in [7, 11) is -4.03. The molecule has 26 heavy (non-hydrogen) atoms. The summed E-state index contributed by atoms with van der Waals surface area (Å²) >= 11 is 0. The highest BCUT2D eigenvalue weighted by Gasteiger charge is 2.26. The molecule has 2 unspecified atom stereocenters. The molecule has 146 valence electrons. The summed E-state index contributed by atoms with van der Waals surface area (Å²) in [5.41, 5.74) is 5.36. The Morgan fingerprint density at radius 1 is 1.27 bits per heavy atom. The lowest BCUT2D eigenvalue weighted by atomic mass is 9.85. The molecule has 0 aromatic heterocycles. The van der Waals surface area contributed by atoms with E-state index in [1.807, 2.05) is 0 Å². The predicted molar refractivity (Wildman–Crippen MR) is 98.5 cm³/mol. The Morgan fingerprint density at radius 2 is 1.96 bits per heavy atom. The second-order valence-corrected chi connectivity index (χ2v) is 7.77. The van der Waals surface area contributed by atoms with Gasteiger partial charge in [0.1, 0.15) is 0 Å². The number of nitrogens with two attached hydrogens (primary N) is 1. The zero-order valence-electron chi connectivity index (χ0n) is 14.1. The third-order valence-electron chi connectivity index (χ3n) is 4.15. The number of halogens is 1. The molecule has 0 spiro atoms. The van der Waals surface area contributed by atoms with Crippen LogP contribution in [0.5, 0.6) is 0 Å². The Morgan fingerprint density at radius 3 is 2.62 bits per heavy atom. The van der Waals surface area contributed by atoms with Crippen molar-refractivity contribution in [1.29, 1.82) is 0 Å². The maximum Gasteiger partial charge on any atom is 0.289 e. The topological polar surface area (TPSA) is 144 Å². The molecule has 4 N–H and O–H groups in total. The van der Waals surface area contributed by atoms with E-state index < -0.39 is 25.5 Å². The fourth-order valence-electron chi connectivity index (χ4n) is 2.89. The number of nitrogens with one attached hydrogen (secondary N) is 2. The average molecular weight is 407 g/mol. The molecule has 0 radical (unpaired) electrons. The quantitative estimate of drug-likeness (QED) is 0.349. The van der Waals surface area contributed by atoms with Gasteiger partial charge in [-0.25, -0.2) is 13.1 Å². The number of rotatable bonds is 7. The molecule has 2 atom stereocenters. The first-order valence-electron chi connectivity index (χ1n) is 8.07. The maximum atomic E-state index is 12.2. The second-order valence-electron chi connectivity index (χ2n) is 6.04. The van der Waals surface area contributed by atoms with Crippen molar-refractivity contribution >= 4 is 34.0 Å². The van der Waals surface area contributed by atoms with Crippen LogP contribution in [0.1, 0.15) is 25.7 Å². The number of para-hydroxylation sites is 1. The second kappa shape index (κ2) is 9.81.